The standard InChI is InChI=1S/C17H15Br2ClN2O2/c1-10-6-14(16(19)11(2)17(10)20)24-9-15(23)22-21-8-12-4-3-5-13(18)7-12/h3-8H,9H2,1-2H3,(H,22,23)/b21-8+. The normalized spacial score (nSPS) is 10.9. The molecule has 4 nitrogen and oxygen atoms in total. The molecule has 0 bridgehead atoms. The maximum Gasteiger partial charge on any atom is 0.277 e. The van der Waals surface area contributed by atoms with Crippen LogP contribution in [0.4, 0.5) is 0 Å². The van der Waals surface area contributed by atoms with Crippen LogP contribution in [0.15, 0.2) is 44.4 Å². The van der Waals surface area contributed by atoms with Crippen molar-refractivity contribution in [3.63, 3.8) is 0 Å². The largest absolute Gasteiger partial charge is 0.483 e. The summed E-state index contributed by atoms with van der Waals surface area (Å²) in [7, 11) is 0. The average molecular weight is 475 g/mol. The smallest absolute Gasteiger partial charge is 0.277 e. The third kappa shape index (κ3) is 5.06. The van der Waals surface area contributed by atoms with Crippen LogP contribution in [-0.4, -0.2) is 18.7 Å². The minimum absolute atomic E-state index is 0.144. The van der Waals surface area contributed by atoms with Gasteiger partial charge in [0.15, 0.2) is 6.61 Å². The van der Waals surface area contributed by atoms with E-state index in [1.807, 2.05) is 38.1 Å². The number of amides is 1. The second kappa shape index (κ2) is 8.65. The lowest BCUT2D eigenvalue weighted by Gasteiger charge is -2.12. The summed E-state index contributed by atoms with van der Waals surface area (Å²) in [5.41, 5.74) is 5.07. The Bertz CT molecular complexity index is 794. The van der Waals surface area contributed by atoms with Crippen LogP contribution in [-0.2, 0) is 4.79 Å². The summed E-state index contributed by atoms with van der Waals surface area (Å²) in [6, 6.07) is 9.37. The molecule has 2 aromatic rings. The van der Waals surface area contributed by atoms with E-state index in [9.17, 15) is 4.79 Å². The van der Waals surface area contributed by atoms with Gasteiger partial charge in [-0.15, -0.1) is 0 Å². The van der Waals surface area contributed by atoms with Gasteiger partial charge in [-0.1, -0.05) is 39.7 Å². The average Bonchev–Trinajstić information content (AvgIpc) is 2.55. The molecule has 2 rings (SSSR count). The third-order valence-corrected chi connectivity index (χ3v) is 5.24. The van der Waals surface area contributed by atoms with Crippen molar-refractivity contribution in [3.05, 3.63) is 61.0 Å². The van der Waals surface area contributed by atoms with Crippen LogP contribution in [0.25, 0.3) is 0 Å². The van der Waals surface area contributed by atoms with Crippen molar-refractivity contribution in [3.8, 4) is 5.75 Å². The zero-order valence-corrected chi connectivity index (χ0v) is 17.0. The fraction of sp³-hybridized carbons (Fsp3) is 0.176. The van der Waals surface area contributed by atoms with E-state index in [2.05, 4.69) is 42.4 Å². The number of carbonyl (C=O) groups is 1. The van der Waals surface area contributed by atoms with E-state index in [1.165, 1.54) is 0 Å². The Kier molecular flexibility index (Phi) is 6.83. The van der Waals surface area contributed by atoms with Crippen LogP contribution in [0.5, 0.6) is 5.75 Å². The summed E-state index contributed by atoms with van der Waals surface area (Å²) >= 11 is 13.0. The lowest BCUT2D eigenvalue weighted by Crippen LogP contribution is -2.24. The number of hydrazone groups is 1. The van der Waals surface area contributed by atoms with Crippen molar-refractivity contribution in [2.24, 2.45) is 5.10 Å². The number of benzene rings is 2. The molecule has 1 amide bonds. The maximum atomic E-state index is 11.8. The Morgan fingerprint density at radius 3 is 2.79 bits per heavy atom. The topological polar surface area (TPSA) is 50.7 Å². The van der Waals surface area contributed by atoms with Gasteiger partial charge in [0.2, 0.25) is 0 Å². The molecule has 0 saturated carbocycles. The van der Waals surface area contributed by atoms with Crippen molar-refractivity contribution in [2.75, 3.05) is 6.61 Å². The van der Waals surface area contributed by atoms with Crippen molar-refractivity contribution in [1.82, 2.24) is 5.43 Å². The Hall–Kier alpha value is -1.37. The molecule has 0 spiro atoms. The van der Waals surface area contributed by atoms with E-state index in [0.29, 0.717) is 10.8 Å². The van der Waals surface area contributed by atoms with Gasteiger partial charge in [0.25, 0.3) is 5.91 Å². The van der Waals surface area contributed by atoms with E-state index in [0.717, 1.165) is 25.6 Å². The summed E-state index contributed by atoms with van der Waals surface area (Å²) in [5, 5.41) is 4.59. The van der Waals surface area contributed by atoms with Crippen LogP contribution >= 0.6 is 43.5 Å². The minimum atomic E-state index is -0.349. The molecular weight excluding hydrogens is 459 g/mol. The van der Waals surface area contributed by atoms with Gasteiger partial charge >= 0.3 is 0 Å². The molecule has 0 saturated heterocycles. The summed E-state index contributed by atoms with van der Waals surface area (Å²) < 4.78 is 7.22. The first-order chi connectivity index (χ1) is 11.4. The Balaban J connectivity index is 1.92. The van der Waals surface area contributed by atoms with Gasteiger partial charge in [0.05, 0.1) is 10.7 Å². The number of halogens is 3. The highest BCUT2D eigenvalue weighted by Gasteiger charge is 2.12. The molecule has 0 unspecified atom stereocenters. The zero-order valence-electron chi connectivity index (χ0n) is 13.1. The molecule has 0 atom stereocenters. The van der Waals surface area contributed by atoms with Crippen LogP contribution in [0, 0.1) is 13.8 Å². The lowest BCUT2D eigenvalue weighted by molar-refractivity contribution is -0.123. The summed E-state index contributed by atoms with van der Waals surface area (Å²) in [6.07, 6.45) is 1.56. The highest BCUT2D eigenvalue weighted by molar-refractivity contribution is 9.10. The van der Waals surface area contributed by atoms with Crippen LogP contribution in [0.1, 0.15) is 16.7 Å². The van der Waals surface area contributed by atoms with Gasteiger partial charge in [-0.2, -0.15) is 5.10 Å². The van der Waals surface area contributed by atoms with Gasteiger partial charge in [-0.05, 0) is 64.7 Å². The molecular formula is C17H15Br2ClN2O2. The minimum Gasteiger partial charge on any atom is -0.483 e. The Labute approximate surface area is 162 Å². The van der Waals surface area contributed by atoms with E-state index < -0.39 is 0 Å². The number of nitrogens with one attached hydrogen (secondary N) is 1. The number of hydrogen-bond acceptors (Lipinski definition) is 3. The number of rotatable bonds is 5. The van der Waals surface area contributed by atoms with Crippen LogP contribution in [0.3, 0.4) is 0 Å². The van der Waals surface area contributed by atoms with E-state index in [4.69, 9.17) is 16.3 Å². The van der Waals surface area contributed by atoms with Crippen molar-refractivity contribution in [2.45, 2.75) is 13.8 Å². The van der Waals surface area contributed by atoms with Gasteiger partial charge < -0.3 is 4.74 Å². The van der Waals surface area contributed by atoms with Crippen molar-refractivity contribution < 1.29 is 9.53 Å². The molecule has 0 aliphatic carbocycles. The highest BCUT2D eigenvalue weighted by Crippen LogP contribution is 2.35. The first-order valence-corrected chi connectivity index (χ1v) is 9.00. The van der Waals surface area contributed by atoms with E-state index in [-0.39, 0.29) is 12.5 Å². The number of ether oxygens (including phenoxy) is 1. The molecule has 0 radical (unpaired) electrons. The molecule has 0 aromatic heterocycles. The quantitative estimate of drug-likeness (QED) is 0.489. The summed E-state index contributed by atoms with van der Waals surface area (Å²) in [6.45, 7) is 3.63. The maximum absolute atomic E-state index is 11.8. The van der Waals surface area contributed by atoms with E-state index in [1.54, 1.807) is 12.3 Å². The van der Waals surface area contributed by atoms with Crippen molar-refractivity contribution >= 4 is 55.6 Å². The third-order valence-electron chi connectivity index (χ3n) is 3.18. The summed E-state index contributed by atoms with van der Waals surface area (Å²) in [5.74, 6) is 0.221. The molecule has 24 heavy (non-hydrogen) atoms. The SMILES string of the molecule is Cc1cc(OCC(=O)N/N=C/c2cccc(Br)c2)c(Br)c(C)c1Cl. The van der Waals surface area contributed by atoms with Gasteiger partial charge in [-0.3, -0.25) is 4.79 Å². The molecule has 126 valence electrons. The molecule has 0 aliphatic rings. The molecule has 2 aromatic carbocycles. The fourth-order valence-electron chi connectivity index (χ4n) is 1.95. The Morgan fingerprint density at radius 2 is 2.08 bits per heavy atom. The first-order valence-electron chi connectivity index (χ1n) is 7.04. The van der Waals surface area contributed by atoms with Gasteiger partial charge in [-0.25, -0.2) is 5.43 Å². The van der Waals surface area contributed by atoms with Crippen molar-refractivity contribution in [1.29, 1.82) is 0 Å². The Morgan fingerprint density at radius 1 is 1.33 bits per heavy atom. The fourth-order valence-corrected chi connectivity index (χ4v) is 3.05. The molecule has 0 fully saturated rings. The predicted molar refractivity (Wildman–Crippen MR) is 104 cm³/mol. The van der Waals surface area contributed by atoms with Gasteiger partial charge in [0, 0.05) is 9.50 Å². The second-order valence-corrected chi connectivity index (χ2v) is 7.17. The monoisotopic (exact) mass is 472 g/mol. The first kappa shape index (κ1) is 19.0. The van der Waals surface area contributed by atoms with Crippen LogP contribution < -0.4 is 10.2 Å². The number of hydrogen-bond donors (Lipinski definition) is 1. The zero-order chi connectivity index (χ0) is 17.7. The molecule has 1 N–H and O–H groups in total. The lowest BCUT2D eigenvalue weighted by atomic mass is 10.1. The second-order valence-electron chi connectivity index (χ2n) is 5.08. The van der Waals surface area contributed by atoms with Crippen LogP contribution in [0.2, 0.25) is 5.02 Å². The van der Waals surface area contributed by atoms with E-state index >= 15 is 0 Å². The number of nitrogens with zero attached hydrogens (tertiary/aromatic N) is 1. The predicted octanol–water partition coefficient (Wildman–Crippen LogP) is 5.01. The number of carbonyl (C=O) groups excluding carboxylic acids is 1. The molecule has 7 heteroatoms. The molecule has 0 aliphatic heterocycles. The van der Waals surface area contributed by atoms with Gasteiger partial charge in [0.1, 0.15) is 5.75 Å². The highest BCUT2D eigenvalue weighted by atomic mass is 79.9. The summed E-state index contributed by atoms with van der Waals surface area (Å²) in [4.78, 5) is 11.8. The number of aryl methyl sites for hydroxylation is 1. The molecule has 0 heterocycles.